The van der Waals surface area contributed by atoms with Crippen molar-refractivity contribution in [1.29, 1.82) is 0 Å². The number of carbonyl (C=O) groups excluding carboxylic acids is 6. The molecule has 1 saturated heterocycles. The number of hydrogen-bond acceptors (Lipinski definition) is 7. The number of primary amides is 1. The van der Waals surface area contributed by atoms with E-state index in [0.717, 1.165) is 44.9 Å². The number of carbonyl (C=O) groups is 6. The molecule has 0 bridgehead atoms. The van der Waals surface area contributed by atoms with Crippen LogP contribution in [0.25, 0.3) is 0 Å². The van der Waals surface area contributed by atoms with Crippen LogP contribution in [0.1, 0.15) is 99.3 Å². The number of hydrogen-bond donors (Lipinski definition) is 4. The lowest BCUT2D eigenvalue weighted by molar-refractivity contribution is -0.144. The molecular formula is C32H51N5O7. The highest BCUT2D eigenvalue weighted by Gasteiger charge is 2.48. The summed E-state index contributed by atoms with van der Waals surface area (Å²) in [6.45, 7) is 14.7. The highest BCUT2D eigenvalue weighted by molar-refractivity contribution is 6.37. The van der Waals surface area contributed by atoms with Crippen molar-refractivity contribution in [2.45, 2.75) is 123 Å². The third-order valence-electron chi connectivity index (χ3n) is 8.77. The molecule has 1 heterocycles. The number of ether oxygens (including phenoxy) is 1. The van der Waals surface area contributed by atoms with Gasteiger partial charge in [-0.25, -0.2) is 9.59 Å². The number of urea groups is 1. The molecule has 3 fully saturated rings. The van der Waals surface area contributed by atoms with E-state index in [4.69, 9.17) is 10.5 Å². The Bertz CT molecular complexity index is 1150. The summed E-state index contributed by atoms with van der Waals surface area (Å²) in [6.07, 6.45) is 6.78. The molecule has 0 radical (unpaired) electrons. The van der Waals surface area contributed by atoms with E-state index in [0.29, 0.717) is 12.8 Å². The maximum atomic E-state index is 14.3. The fourth-order valence-corrected chi connectivity index (χ4v) is 6.29. The lowest BCUT2D eigenvalue weighted by atomic mass is 9.83. The summed E-state index contributed by atoms with van der Waals surface area (Å²) in [7, 11) is 0. The number of likely N-dealkylation sites (tertiary alicyclic amines) is 1. The van der Waals surface area contributed by atoms with E-state index >= 15 is 0 Å². The Labute approximate surface area is 260 Å². The third-order valence-corrected chi connectivity index (χ3v) is 8.77. The summed E-state index contributed by atoms with van der Waals surface area (Å²) in [5.41, 5.74) is 4.15. The monoisotopic (exact) mass is 617 g/mol. The van der Waals surface area contributed by atoms with Crippen molar-refractivity contribution in [3.05, 3.63) is 12.3 Å². The van der Waals surface area contributed by atoms with E-state index in [9.17, 15) is 28.8 Å². The van der Waals surface area contributed by atoms with E-state index in [-0.39, 0.29) is 24.1 Å². The molecule has 1 unspecified atom stereocenters. The average Bonchev–Trinajstić information content (AvgIpc) is 3.68. The zero-order valence-corrected chi connectivity index (χ0v) is 27.1. The largest absolute Gasteiger partial charge is 0.430 e. The number of ketones is 1. The minimum Gasteiger partial charge on any atom is -0.430 e. The number of nitrogens with two attached hydrogens (primary N) is 1. The minimum absolute atomic E-state index is 0.163. The molecule has 3 rings (SSSR count). The Morgan fingerprint density at radius 1 is 0.977 bits per heavy atom. The normalized spacial score (nSPS) is 22.2. The first kappa shape index (κ1) is 35.0. The first-order chi connectivity index (χ1) is 20.4. The highest BCUT2D eigenvalue weighted by Crippen LogP contribution is 2.37. The van der Waals surface area contributed by atoms with Crippen LogP contribution in [0, 0.1) is 22.7 Å². The van der Waals surface area contributed by atoms with Gasteiger partial charge < -0.3 is 31.3 Å². The van der Waals surface area contributed by atoms with Gasteiger partial charge in [-0.3, -0.25) is 19.2 Å². The van der Waals surface area contributed by atoms with Crippen LogP contribution < -0.4 is 21.7 Å². The highest BCUT2D eigenvalue weighted by atomic mass is 16.5. The second-order valence-corrected chi connectivity index (χ2v) is 14.7. The second kappa shape index (κ2) is 14.1. The summed E-state index contributed by atoms with van der Waals surface area (Å²) < 4.78 is 5.20. The molecule has 2 aliphatic carbocycles. The van der Waals surface area contributed by atoms with Crippen molar-refractivity contribution in [1.82, 2.24) is 20.9 Å². The predicted octanol–water partition coefficient (Wildman–Crippen LogP) is 2.69. The van der Waals surface area contributed by atoms with Gasteiger partial charge in [-0.2, -0.15) is 0 Å². The predicted molar refractivity (Wildman–Crippen MR) is 164 cm³/mol. The molecule has 0 aromatic carbocycles. The maximum Gasteiger partial charge on any atom is 0.334 e. The van der Waals surface area contributed by atoms with Crippen molar-refractivity contribution >= 4 is 35.5 Å². The van der Waals surface area contributed by atoms with Crippen LogP contribution in [0.4, 0.5) is 4.79 Å². The van der Waals surface area contributed by atoms with Crippen LogP contribution in [-0.4, -0.2) is 71.1 Å². The van der Waals surface area contributed by atoms with E-state index in [1.54, 1.807) is 20.8 Å². The minimum atomic E-state index is -1.11. The fourth-order valence-electron chi connectivity index (χ4n) is 6.29. The molecule has 4 atom stereocenters. The molecule has 3 aliphatic rings. The zero-order valence-electron chi connectivity index (χ0n) is 27.1. The Kier molecular flexibility index (Phi) is 11.2. The Morgan fingerprint density at radius 2 is 1.59 bits per heavy atom. The van der Waals surface area contributed by atoms with Gasteiger partial charge in [-0.05, 0) is 55.3 Å². The fraction of sp³-hybridized carbons (Fsp3) is 0.750. The SMILES string of the molecule is C=C(C)OC(=O)[C@@H](NC(=O)N[C@H](C(=O)N1CC(C)(C)C[C@H]1C(=O)NC(CC1CC1)C(=O)C(N)=O)C1CCCCC1)C(C)(C)C. The van der Waals surface area contributed by atoms with Gasteiger partial charge in [-0.15, -0.1) is 0 Å². The van der Waals surface area contributed by atoms with Gasteiger partial charge in [0.2, 0.25) is 17.6 Å². The first-order valence-corrected chi connectivity index (χ1v) is 15.8. The summed E-state index contributed by atoms with van der Waals surface area (Å²) >= 11 is 0. The van der Waals surface area contributed by atoms with E-state index in [1.807, 2.05) is 13.8 Å². The molecule has 12 nitrogen and oxygen atoms in total. The summed E-state index contributed by atoms with van der Waals surface area (Å²) in [5.74, 6) is -3.26. The van der Waals surface area contributed by atoms with Gasteiger partial charge in [0.25, 0.3) is 5.91 Å². The van der Waals surface area contributed by atoms with Gasteiger partial charge in [0, 0.05) is 6.54 Å². The standard InChI is InChI=1S/C32H51N5O7/c1-18(2)44-29(42)25(31(3,4)5)36-30(43)35-23(20-11-9-8-10-12-20)28(41)37-17-32(6,7)16-22(37)27(40)34-21(15-19-13-14-19)24(38)26(33)39/h19-23,25H,1,8-17H2,2-7H3,(H2,33,39)(H,34,40)(H2,35,36,43)/t21?,22-,23-,25+/m0/s1. The van der Waals surface area contributed by atoms with E-state index in [1.165, 1.54) is 11.8 Å². The van der Waals surface area contributed by atoms with Crippen molar-refractivity contribution < 1.29 is 33.5 Å². The molecule has 5 amide bonds. The van der Waals surface area contributed by atoms with Crippen LogP contribution in [0.2, 0.25) is 0 Å². The molecule has 0 aromatic heterocycles. The lowest BCUT2D eigenvalue weighted by Crippen LogP contribution is -2.60. The van der Waals surface area contributed by atoms with Crippen LogP contribution in [0.3, 0.4) is 0 Å². The molecular weight excluding hydrogens is 566 g/mol. The van der Waals surface area contributed by atoms with Crippen LogP contribution in [0.5, 0.6) is 0 Å². The Morgan fingerprint density at radius 3 is 2.11 bits per heavy atom. The number of nitrogens with one attached hydrogen (secondary N) is 3. The maximum absolute atomic E-state index is 14.3. The zero-order chi connectivity index (χ0) is 33.0. The van der Waals surface area contributed by atoms with Gasteiger partial charge in [0.05, 0.1) is 11.8 Å². The number of rotatable bonds is 12. The lowest BCUT2D eigenvalue weighted by Gasteiger charge is -2.36. The smallest absolute Gasteiger partial charge is 0.334 e. The molecule has 12 heteroatoms. The number of amides is 5. The average molecular weight is 618 g/mol. The molecule has 44 heavy (non-hydrogen) atoms. The number of allylic oxidation sites excluding steroid dienone is 1. The quantitative estimate of drug-likeness (QED) is 0.148. The van der Waals surface area contributed by atoms with Crippen molar-refractivity contribution in [3.63, 3.8) is 0 Å². The van der Waals surface area contributed by atoms with Crippen molar-refractivity contribution in [2.75, 3.05) is 6.54 Å². The molecule has 0 aromatic rings. The molecule has 5 N–H and O–H groups in total. The van der Waals surface area contributed by atoms with Crippen molar-refractivity contribution in [3.8, 4) is 0 Å². The van der Waals surface area contributed by atoms with E-state index < -0.39 is 70.5 Å². The van der Waals surface area contributed by atoms with Crippen LogP contribution >= 0.6 is 0 Å². The van der Waals surface area contributed by atoms with Gasteiger partial charge in [0.1, 0.15) is 18.1 Å². The van der Waals surface area contributed by atoms with Crippen LogP contribution in [0.15, 0.2) is 12.3 Å². The third kappa shape index (κ3) is 9.53. The number of Topliss-reactive ketones (excluding diaryl/α,β-unsaturated/α-hetero) is 1. The topological polar surface area (TPSA) is 177 Å². The second-order valence-electron chi connectivity index (χ2n) is 14.7. The molecule has 1 aliphatic heterocycles. The van der Waals surface area contributed by atoms with Gasteiger partial charge in [0.15, 0.2) is 0 Å². The Hall–Kier alpha value is -3.44. The van der Waals surface area contributed by atoms with E-state index in [2.05, 4.69) is 22.5 Å². The Balaban J connectivity index is 1.84. The molecule has 246 valence electrons. The van der Waals surface area contributed by atoms with Crippen LogP contribution in [-0.2, 0) is 28.7 Å². The molecule has 2 saturated carbocycles. The summed E-state index contributed by atoms with van der Waals surface area (Å²) in [5, 5.41) is 8.28. The summed E-state index contributed by atoms with van der Waals surface area (Å²) in [4.78, 5) is 79.9. The van der Waals surface area contributed by atoms with Gasteiger partial charge in [-0.1, -0.05) is 73.3 Å². The number of esters is 1. The first-order valence-electron chi connectivity index (χ1n) is 15.8. The number of nitrogens with zero attached hydrogens (tertiary/aromatic N) is 1. The molecule has 0 spiro atoms. The van der Waals surface area contributed by atoms with Gasteiger partial charge >= 0.3 is 12.0 Å². The van der Waals surface area contributed by atoms with Crippen molar-refractivity contribution in [2.24, 2.45) is 28.4 Å². The summed E-state index contributed by atoms with van der Waals surface area (Å²) in [6, 6.07) is -4.59.